The second-order valence-electron chi connectivity index (χ2n) is 5.61. The standard InChI is InChI=1S/C18H22FN3O2/c1-13(24-16-8-6-7-15(19)11-16)12-21-18(23)22(3)14(2)17-9-4-5-10-20-17/h4-11,13-14H,12H2,1-3H3,(H,21,23)/t13-,14-/m1/s1. The number of halogens is 1. The van der Waals surface area contributed by atoms with Crippen molar-refractivity contribution in [2.45, 2.75) is 26.0 Å². The quantitative estimate of drug-likeness (QED) is 0.883. The number of nitrogens with one attached hydrogen (secondary N) is 1. The van der Waals surface area contributed by atoms with Crippen molar-refractivity contribution in [2.75, 3.05) is 13.6 Å². The monoisotopic (exact) mass is 331 g/mol. The lowest BCUT2D eigenvalue weighted by Gasteiger charge is -2.25. The van der Waals surface area contributed by atoms with Gasteiger partial charge in [-0.25, -0.2) is 9.18 Å². The average Bonchev–Trinajstić information content (AvgIpc) is 2.59. The highest BCUT2D eigenvalue weighted by Crippen LogP contribution is 2.16. The van der Waals surface area contributed by atoms with Gasteiger partial charge in [0.25, 0.3) is 0 Å². The molecule has 0 saturated carbocycles. The summed E-state index contributed by atoms with van der Waals surface area (Å²) < 4.78 is 18.7. The molecular weight excluding hydrogens is 309 g/mol. The van der Waals surface area contributed by atoms with E-state index >= 15 is 0 Å². The van der Waals surface area contributed by atoms with Crippen LogP contribution in [0.2, 0.25) is 0 Å². The normalized spacial score (nSPS) is 13.0. The zero-order chi connectivity index (χ0) is 17.5. The molecule has 5 nitrogen and oxygen atoms in total. The molecule has 24 heavy (non-hydrogen) atoms. The zero-order valence-corrected chi connectivity index (χ0v) is 14.1. The van der Waals surface area contributed by atoms with E-state index in [9.17, 15) is 9.18 Å². The number of ether oxygens (including phenoxy) is 1. The summed E-state index contributed by atoms with van der Waals surface area (Å²) in [5, 5.41) is 2.81. The molecule has 0 fully saturated rings. The minimum atomic E-state index is -0.354. The zero-order valence-electron chi connectivity index (χ0n) is 14.1. The summed E-state index contributed by atoms with van der Waals surface area (Å²) in [6.45, 7) is 4.04. The first-order chi connectivity index (χ1) is 11.5. The number of pyridine rings is 1. The molecule has 0 bridgehead atoms. The predicted octanol–water partition coefficient (Wildman–Crippen LogP) is 3.39. The van der Waals surface area contributed by atoms with Gasteiger partial charge in [-0.05, 0) is 38.1 Å². The Morgan fingerprint density at radius 1 is 1.29 bits per heavy atom. The van der Waals surface area contributed by atoms with Crippen LogP contribution >= 0.6 is 0 Å². The summed E-state index contributed by atoms with van der Waals surface area (Å²) in [6.07, 6.45) is 1.42. The van der Waals surface area contributed by atoms with Crippen molar-refractivity contribution in [1.29, 1.82) is 0 Å². The van der Waals surface area contributed by atoms with Crippen LogP contribution in [0.1, 0.15) is 25.6 Å². The number of hydrogen-bond acceptors (Lipinski definition) is 3. The molecule has 2 atom stereocenters. The van der Waals surface area contributed by atoms with Gasteiger partial charge in [-0.2, -0.15) is 0 Å². The Balaban J connectivity index is 1.83. The largest absolute Gasteiger partial charge is 0.489 e. The maximum Gasteiger partial charge on any atom is 0.317 e. The van der Waals surface area contributed by atoms with Crippen LogP contribution in [-0.4, -0.2) is 35.6 Å². The molecule has 0 radical (unpaired) electrons. The fraction of sp³-hybridized carbons (Fsp3) is 0.333. The molecule has 0 aliphatic carbocycles. The smallest absolute Gasteiger partial charge is 0.317 e. The molecule has 2 rings (SSSR count). The number of benzene rings is 1. The van der Waals surface area contributed by atoms with Gasteiger partial charge in [0, 0.05) is 19.3 Å². The minimum absolute atomic E-state index is 0.148. The van der Waals surface area contributed by atoms with E-state index < -0.39 is 0 Å². The summed E-state index contributed by atoms with van der Waals surface area (Å²) >= 11 is 0. The van der Waals surface area contributed by atoms with Gasteiger partial charge in [-0.3, -0.25) is 4.98 Å². The van der Waals surface area contributed by atoms with E-state index in [4.69, 9.17) is 4.74 Å². The molecule has 1 aromatic heterocycles. The van der Waals surface area contributed by atoms with Crippen molar-refractivity contribution in [3.05, 3.63) is 60.2 Å². The predicted molar refractivity (Wildman–Crippen MR) is 90.3 cm³/mol. The van der Waals surface area contributed by atoms with Crippen LogP contribution in [0.3, 0.4) is 0 Å². The maximum atomic E-state index is 13.1. The fourth-order valence-corrected chi connectivity index (χ4v) is 2.17. The second-order valence-corrected chi connectivity index (χ2v) is 5.61. The average molecular weight is 331 g/mol. The van der Waals surface area contributed by atoms with Crippen molar-refractivity contribution < 1.29 is 13.9 Å². The number of aromatic nitrogens is 1. The van der Waals surface area contributed by atoms with Crippen molar-refractivity contribution >= 4 is 6.03 Å². The summed E-state index contributed by atoms with van der Waals surface area (Å²) in [7, 11) is 1.72. The molecule has 1 heterocycles. The van der Waals surface area contributed by atoms with E-state index in [-0.39, 0.29) is 24.0 Å². The molecule has 0 saturated heterocycles. The van der Waals surface area contributed by atoms with Crippen molar-refractivity contribution in [3.8, 4) is 5.75 Å². The number of nitrogens with zero attached hydrogens (tertiary/aromatic N) is 2. The molecule has 1 N–H and O–H groups in total. The van der Waals surface area contributed by atoms with Crippen LogP contribution in [0.5, 0.6) is 5.75 Å². The van der Waals surface area contributed by atoms with Gasteiger partial charge >= 0.3 is 6.03 Å². The van der Waals surface area contributed by atoms with Crippen LogP contribution < -0.4 is 10.1 Å². The fourth-order valence-electron chi connectivity index (χ4n) is 2.17. The number of amides is 2. The highest BCUT2D eigenvalue weighted by molar-refractivity contribution is 5.74. The lowest BCUT2D eigenvalue weighted by molar-refractivity contribution is 0.179. The van der Waals surface area contributed by atoms with Gasteiger partial charge in [0.05, 0.1) is 18.3 Å². The van der Waals surface area contributed by atoms with Crippen molar-refractivity contribution in [3.63, 3.8) is 0 Å². The number of urea groups is 1. The summed E-state index contributed by atoms with van der Waals surface area (Å²) in [5.74, 6) is 0.0830. The minimum Gasteiger partial charge on any atom is -0.489 e. The van der Waals surface area contributed by atoms with Crippen LogP contribution in [0.15, 0.2) is 48.7 Å². The molecule has 0 aliphatic heterocycles. The van der Waals surface area contributed by atoms with Gasteiger partial charge < -0.3 is 15.0 Å². The number of hydrogen-bond donors (Lipinski definition) is 1. The summed E-state index contributed by atoms with van der Waals surface area (Å²) in [6, 6.07) is 11.2. The van der Waals surface area contributed by atoms with E-state index in [1.807, 2.05) is 32.0 Å². The van der Waals surface area contributed by atoms with Gasteiger partial charge in [0.1, 0.15) is 17.7 Å². The van der Waals surface area contributed by atoms with Gasteiger partial charge in [0.2, 0.25) is 0 Å². The first-order valence-electron chi connectivity index (χ1n) is 7.81. The Hall–Kier alpha value is -2.63. The van der Waals surface area contributed by atoms with E-state index in [1.165, 1.54) is 12.1 Å². The Labute approximate surface area is 141 Å². The third kappa shape index (κ3) is 4.94. The Morgan fingerprint density at radius 3 is 2.75 bits per heavy atom. The van der Waals surface area contributed by atoms with Gasteiger partial charge in [-0.1, -0.05) is 12.1 Å². The first-order valence-corrected chi connectivity index (χ1v) is 7.81. The maximum absolute atomic E-state index is 13.1. The van der Waals surface area contributed by atoms with Crippen molar-refractivity contribution in [2.24, 2.45) is 0 Å². The third-order valence-corrected chi connectivity index (χ3v) is 3.69. The summed E-state index contributed by atoms with van der Waals surface area (Å²) in [4.78, 5) is 18.1. The molecule has 0 unspecified atom stereocenters. The molecule has 128 valence electrons. The molecule has 2 amide bonds. The van der Waals surface area contributed by atoms with Crippen LogP contribution in [-0.2, 0) is 0 Å². The second kappa shape index (κ2) is 8.29. The van der Waals surface area contributed by atoms with Crippen LogP contribution in [0.25, 0.3) is 0 Å². The number of carbonyl (C=O) groups is 1. The number of carbonyl (C=O) groups excluding carboxylic acids is 1. The van der Waals surface area contributed by atoms with E-state index in [2.05, 4.69) is 10.3 Å². The molecule has 0 aliphatic rings. The lowest BCUT2D eigenvalue weighted by atomic mass is 10.2. The topological polar surface area (TPSA) is 54.5 Å². The number of rotatable bonds is 6. The first kappa shape index (κ1) is 17.7. The molecule has 1 aromatic carbocycles. The lowest BCUT2D eigenvalue weighted by Crippen LogP contribution is -2.42. The Bertz CT molecular complexity index is 666. The van der Waals surface area contributed by atoms with Gasteiger partial charge in [-0.15, -0.1) is 0 Å². The molecule has 0 spiro atoms. The summed E-state index contributed by atoms with van der Waals surface area (Å²) in [5.41, 5.74) is 0.819. The molecule has 6 heteroatoms. The van der Waals surface area contributed by atoms with E-state index in [0.717, 1.165) is 5.69 Å². The highest BCUT2D eigenvalue weighted by atomic mass is 19.1. The van der Waals surface area contributed by atoms with Crippen LogP contribution in [0, 0.1) is 5.82 Å². The van der Waals surface area contributed by atoms with E-state index in [1.54, 1.807) is 30.3 Å². The molecular formula is C18H22FN3O2. The highest BCUT2D eigenvalue weighted by Gasteiger charge is 2.18. The third-order valence-electron chi connectivity index (χ3n) is 3.69. The molecule has 2 aromatic rings. The van der Waals surface area contributed by atoms with Crippen molar-refractivity contribution in [1.82, 2.24) is 15.2 Å². The SMILES string of the molecule is C[C@H](CNC(=O)N(C)[C@H](C)c1ccccn1)Oc1cccc(F)c1. The Kier molecular flexibility index (Phi) is 6.12. The Morgan fingerprint density at radius 2 is 2.08 bits per heavy atom. The van der Waals surface area contributed by atoms with E-state index in [0.29, 0.717) is 12.3 Å². The van der Waals surface area contributed by atoms with Crippen LogP contribution in [0.4, 0.5) is 9.18 Å². The van der Waals surface area contributed by atoms with Gasteiger partial charge in [0.15, 0.2) is 0 Å².